The summed E-state index contributed by atoms with van der Waals surface area (Å²) in [6, 6.07) is -0.176. The van der Waals surface area contributed by atoms with Gasteiger partial charge in [-0.3, -0.25) is 4.79 Å². The van der Waals surface area contributed by atoms with Gasteiger partial charge >= 0.3 is 5.97 Å². The molecule has 0 radical (unpaired) electrons. The maximum absolute atomic E-state index is 12.1. The lowest BCUT2D eigenvalue weighted by atomic mass is 10.0. The number of carbonyl (C=O) groups is 1. The maximum Gasteiger partial charge on any atom is 0.322 e. The molecule has 0 saturated heterocycles. The molecular formula is C33H67NO2. The second-order valence-electron chi connectivity index (χ2n) is 11.3. The van der Waals surface area contributed by atoms with Crippen LogP contribution in [0.15, 0.2) is 0 Å². The van der Waals surface area contributed by atoms with E-state index in [2.05, 4.69) is 19.2 Å². The van der Waals surface area contributed by atoms with E-state index in [1.54, 1.807) is 0 Å². The van der Waals surface area contributed by atoms with Gasteiger partial charge in [0.15, 0.2) is 0 Å². The number of hydrogen-bond acceptors (Lipinski definition) is 3. The van der Waals surface area contributed by atoms with Crippen LogP contribution in [0.5, 0.6) is 0 Å². The number of carbonyl (C=O) groups excluding carboxylic acids is 1. The average Bonchev–Trinajstić information content (AvgIpc) is 2.88. The Morgan fingerprint density at radius 2 is 0.806 bits per heavy atom. The van der Waals surface area contributed by atoms with E-state index in [4.69, 9.17) is 4.74 Å². The van der Waals surface area contributed by atoms with E-state index in [0.29, 0.717) is 6.61 Å². The first-order valence-corrected chi connectivity index (χ1v) is 16.6. The lowest BCUT2D eigenvalue weighted by molar-refractivity contribution is -0.145. The van der Waals surface area contributed by atoms with Crippen LogP contribution in [-0.2, 0) is 9.53 Å². The quantitative estimate of drug-likeness (QED) is 0.0772. The van der Waals surface area contributed by atoms with Gasteiger partial charge in [-0.05, 0) is 26.3 Å². The summed E-state index contributed by atoms with van der Waals surface area (Å²) < 4.78 is 5.47. The standard InChI is InChI=1S/C33H67NO2/c1-4-6-8-10-12-14-16-17-18-19-20-21-23-25-27-29-31-36-33(35)32(3)34-30-28-26-24-22-15-13-11-9-7-5-2/h32,34H,4-31H2,1-3H3. The van der Waals surface area contributed by atoms with E-state index in [-0.39, 0.29) is 12.0 Å². The van der Waals surface area contributed by atoms with Crippen LogP contribution < -0.4 is 5.32 Å². The minimum absolute atomic E-state index is 0.0805. The number of ether oxygens (including phenoxy) is 1. The van der Waals surface area contributed by atoms with E-state index in [1.807, 2.05) is 6.92 Å². The van der Waals surface area contributed by atoms with Crippen molar-refractivity contribution in [2.75, 3.05) is 13.2 Å². The molecule has 0 bridgehead atoms. The first-order chi connectivity index (χ1) is 17.7. The molecule has 0 aliphatic heterocycles. The summed E-state index contributed by atoms with van der Waals surface area (Å²) >= 11 is 0. The van der Waals surface area contributed by atoms with Crippen LogP contribution in [0.2, 0.25) is 0 Å². The number of nitrogens with one attached hydrogen (secondary N) is 1. The third-order valence-electron chi connectivity index (χ3n) is 7.58. The maximum atomic E-state index is 12.1. The summed E-state index contributed by atoms with van der Waals surface area (Å²) in [6.07, 6.45) is 35.3. The lowest BCUT2D eigenvalue weighted by Gasteiger charge is -2.13. The van der Waals surface area contributed by atoms with Crippen molar-refractivity contribution in [1.82, 2.24) is 5.32 Å². The molecule has 0 aromatic rings. The van der Waals surface area contributed by atoms with Crippen LogP contribution in [0.1, 0.15) is 188 Å². The molecule has 0 spiro atoms. The number of hydrogen-bond donors (Lipinski definition) is 1. The second kappa shape index (κ2) is 30.7. The van der Waals surface area contributed by atoms with Crippen molar-refractivity contribution in [1.29, 1.82) is 0 Å². The van der Waals surface area contributed by atoms with Crippen molar-refractivity contribution < 1.29 is 9.53 Å². The van der Waals surface area contributed by atoms with Gasteiger partial charge < -0.3 is 10.1 Å². The van der Waals surface area contributed by atoms with E-state index >= 15 is 0 Å². The summed E-state index contributed by atoms with van der Waals surface area (Å²) in [5, 5.41) is 3.34. The summed E-state index contributed by atoms with van der Waals surface area (Å²) in [6.45, 7) is 8.01. The lowest BCUT2D eigenvalue weighted by Crippen LogP contribution is -2.36. The molecule has 0 rings (SSSR count). The van der Waals surface area contributed by atoms with Gasteiger partial charge in [0.2, 0.25) is 0 Å². The van der Waals surface area contributed by atoms with Gasteiger partial charge in [-0.25, -0.2) is 0 Å². The van der Waals surface area contributed by atoms with Gasteiger partial charge in [-0.15, -0.1) is 0 Å². The van der Waals surface area contributed by atoms with Gasteiger partial charge in [0.25, 0.3) is 0 Å². The molecule has 216 valence electrons. The summed E-state index contributed by atoms with van der Waals surface area (Å²) in [4.78, 5) is 12.1. The Morgan fingerprint density at radius 1 is 0.500 bits per heavy atom. The zero-order valence-corrected chi connectivity index (χ0v) is 25.2. The molecule has 1 N–H and O–H groups in total. The highest BCUT2D eigenvalue weighted by Crippen LogP contribution is 2.14. The zero-order chi connectivity index (χ0) is 26.4. The highest BCUT2D eigenvalue weighted by atomic mass is 16.5. The first kappa shape index (κ1) is 35.4. The molecule has 0 aromatic carbocycles. The predicted molar refractivity (Wildman–Crippen MR) is 160 cm³/mol. The molecule has 0 saturated carbocycles. The smallest absolute Gasteiger partial charge is 0.322 e. The number of rotatable bonds is 30. The number of unbranched alkanes of at least 4 members (excludes halogenated alkanes) is 24. The van der Waals surface area contributed by atoms with Crippen LogP contribution in [0.25, 0.3) is 0 Å². The van der Waals surface area contributed by atoms with Gasteiger partial charge in [0, 0.05) is 0 Å². The molecule has 1 unspecified atom stereocenters. The van der Waals surface area contributed by atoms with E-state index in [0.717, 1.165) is 19.4 Å². The monoisotopic (exact) mass is 510 g/mol. The Hall–Kier alpha value is -0.570. The van der Waals surface area contributed by atoms with E-state index < -0.39 is 0 Å². The third kappa shape index (κ3) is 28.0. The number of esters is 1. The van der Waals surface area contributed by atoms with Gasteiger partial charge in [0.1, 0.15) is 6.04 Å². The largest absolute Gasteiger partial charge is 0.465 e. The Labute approximate surface area is 227 Å². The van der Waals surface area contributed by atoms with Crippen LogP contribution in [0, 0.1) is 0 Å². The average molecular weight is 510 g/mol. The molecule has 0 fully saturated rings. The molecule has 0 amide bonds. The zero-order valence-electron chi connectivity index (χ0n) is 25.2. The van der Waals surface area contributed by atoms with Crippen molar-refractivity contribution in [2.24, 2.45) is 0 Å². The molecule has 3 nitrogen and oxygen atoms in total. The van der Waals surface area contributed by atoms with Crippen molar-refractivity contribution in [3.8, 4) is 0 Å². The molecule has 3 heteroatoms. The molecule has 0 heterocycles. The third-order valence-corrected chi connectivity index (χ3v) is 7.58. The van der Waals surface area contributed by atoms with E-state index in [1.165, 1.54) is 154 Å². The van der Waals surface area contributed by atoms with E-state index in [9.17, 15) is 4.79 Å². The molecule has 36 heavy (non-hydrogen) atoms. The van der Waals surface area contributed by atoms with Gasteiger partial charge in [-0.1, -0.05) is 168 Å². The highest BCUT2D eigenvalue weighted by Gasteiger charge is 2.12. The fraction of sp³-hybridized carbons (Fsp3) is 0.970. The Balaban J connectivity index is 3.27. The van der Waals surface area contributed by atoms with Gasteiger partial charge in [0.05, 0.1) is 6.61 Å². The van der Waals surface area contributed by atoms with Crippen molar-refractivity contribution >= 4 is 5.97 Å². The molecule has 0 aliphatic carbocycles. The minimum atomic E-state index is -0.176. The summed E-state index contributed by atoms with van der Waals surface area (Å²) in [7, 11) is 0. The van der Waals surface area contributed by atoms with Crippen LogP contribution in [0.4, 0.5) is 0 Å². The molecule has 0 aromatic heterocycles. The van der Waals surface area contributed by atoms with Crippen LogP contribution in [-0.4, -0.2) is 25.2 Å². The Bertz CT molecular complexity index is 426. The van der Waals surface area contributed by atoms with Crippen LogP contribution >= 0.6 is 0 Å². The van der Waals surface area contributed by atoms with Gasteiger partial charge in [-0.2, -0.15) is 0 Å². The summed E-state index contributed by atoms with van der Waals surface area (Å²) in [5.41, 5.74) is 0. The van der Waals surface area contributed by atoms with Crippen molar-refractivity contribution in [3.05, 3.63) is 0 Å². The second-order valence-corrected chi connectivity index (χ2v) is 11.3. The normalized spacial score (nSPS) is 12.2. The molecular weight excluding hydrogens is 442 g/mol. The minimum Gasteiger partial charge on any atom is -0.465 e. The topological polar surface area (TPSA) is 38.3 Å². The SMILES string of the molecule is CCCCCCCCCCCCCCCCCCOC(=O)C(C)NCCCCCCCCCCCC. The Morgan fingerprint density at radius 3 is 1.17 bits per heavy atom. The fourth-order valence-corrected chi connectivity index (χ4v) is 4.96. The summed E-state index contributed by atoms with van der Waals surface area (Å²) in [5.74, 6) is -0.0805. The van der Waals surface area contributed by atoms with Crippen molar-refractivity contribution in [3.63, 3.8) is 0 Å². The predicted octanol–water partition coefficient (Wildman–Crippen LogP) is 10.7. The first-order valence-electron chi connectivity index (χ1n) is 16.6. The molecule has 0 aliphatic rings. The Kier molecular flexibility index (Phi) is 30.2. The molecule has 1 atom stereocenters. The highest BCUT2D eigenvalue weighted by molar-refractivity contribution is 5.75. The fourth-order valence-electron chi connectivity index (χ4n) is 4.96. The van der Waals surface area contributed by atoms with Crippen molar-refractivity contribution in [2.45, 2.75) is 194 Å². The van der Waals surface area contributed by atoms with Crippen LogP contribution in [0.3, 0.4) is 0 Å².